The average molecular weight is 609 g/mol. The second-order valence-corrected chi connectivity index (χ2v) is 9.96. The van der Waals surface area contributed by atoms with Crippen molar-refractivity contribution >= 4 is 68.4 Å². The van der Waals surface area contributed by atoms with Gasteiger partial charge in [0.2, 0.25) is 0 Å². The van der Waals surface area contributed by atoms with Crippen LogP contribution in [-0.4, -0.2) is 36.6 Å². The number of carbonyl (C=O) groups excluding carboxylic acids is 3. The van der Waals surface area contributed by atoms with Gasteiger partial charge in [0, 0.05) is 5.69 Å². The number of methoxy groups -OCH3 is 1. The van der Waals surface area contributed by atoms with Crippen LogP contribution in [-0.2, 0) is 20.8 Å². The molecule has 0 aromatic heterocycles. The fraction of sp³-hybridized carbons (Fsp3) is 0.172. The van der Waals surface area contributed by atoms with Gasteiger partial charge in [-0.25, -0.2) is 0 Å². The van der Waals surface area contributed by atoms with Crippen molar-refractivity contribution in [2.45, 2.75) is 20.3 Å². The molecule has 8 nitrogen and oxygen atoms in total. The maximum atomic E-state index is 13.4. The van der Waals surface area contributed by atoms with Gasteiger partial charge < -0.3 is 14.8 Å². The maximum absolute atomic E-state index is 13.4. The van der Waals surface area contributed by atoms with E-state index in [-0.39, 0.29) is 23.2 Å². The molecule has 1 fully saturated rings. The van der Waals surface area contributed by atoms with E-state index >= 15 is 0 Å². The van der Waals surface area contributed by atoms with E-state index in [1.807, 2.05) is 50.2 Å². The first kappa shape index (κ1) is 28.0. The summed E-state index contributed by atoms with van der Waals surface area (Å²) in [6.07, 6.45) is 2.31. The van der Waals surface area contributed by atoms with Crippen LogP contribution >= 0.6 is 28.1 Å². The number of rotatable bonds is 8. The van der Waals surface area contributed by atoms with Gasteiger partial charge in [0.25, 0.3) is 17.7 Å². The molecule has 200 valence electrons. The number of benzene rings is 3. The van der Waals surface area contributed by atoms with E-state index in [1.54, 1.807) is 24.3 Å². The standard InChI is InChI=1S/C29H26BrN3O5S/c1-4-18-7-11-21(12-8-18)33-28(36)22(27(35)32-29(33)39)13-19-14-23(30)26(24(15-19)37-3)38-16-25(34)31-20-9-5-17(2)6-10-20/h5-15H,4,16H2,1-3H3,(H,31,34)(H,32,35,39)/b22-13+. The smallest absolute Gasteiger partial charge is 0.270 e. The monoisotopic (exact) mass is 607 g/mol. The van der Waals surface area contributed by atoms with Crippen LogP contribution in [0.15, 0.2) is 70.7 Å². The number of ether oxygens (including phenoxy) is 2. The number of nitrogens with zero attached hydrogens (tertiary/aromatic N) is 1. The molecule has 1 heterocycles. The number of hydrogen-bond donors (Lipinski definition) is 2. The number of anilines is 2. The zero-order valence-corrected chi connectivity index (χ0v) is 23.9. The van der Waals surface area contributed by atoms with Crippen molar-refractivity contribution in [3.8, 4) is 11.5 Å². The summed E-state index contributed by atoms with van der Waals surface area (Å²) >= 11 is 8.73. The van der Waals surface area contributed by atoms with Crippen LogP contribution in [0.1, 0.15) is 23.6 Å². The number of hydrogen-bond acceptors (Lipinski definition) is 6. The van der Waals surface area contributed by atoms with Crippen molar-refractivity contribution in [2.24, 2.45) is 0 Å². The highest BCUT2D eigenvalue weighted by molar-refractivity contribution is 9.10. The van der Waals surface area contributed by atoms with E-state index in [0.717, 1.165) is 17.5 Å². The van der Waals surface area contributed by atoms with E-state index in [1.165, 1.54) is 18.1 Å². The summed E-state index contributed by atoms with van der Waals surface area (Å²) in [6.45, 7) is 3.74. The van der Waals surface area contributed by atoms with Gasteiger partial charge in [-0.1, -0.05) is 36.8 Å². The normalized spacial score (nSPS) is 14.3. The van der Waals surface area contributed by atoms with Gasteiger partial charge in [-0.2, -0.15) is 0 Å². The maximum Gasteiger partial charge on any atom is 0.270 e. The molecule has 0 aliphatic carbocycles. The quantitative estimate of drug-likeness (QED) is 0.208. The first-order valence-corrected chi connectivity index (χ1v) is 13.3. The number of nitrogens with one attached hydrogen (secondary N) is 2. The van der Waals surface area contributed by atoms with Crippen LogP contribution in [0.3, 0.4) is 0 Å². The summed E-state index contributed by atoms with van der Waals surface area (Å²) in [6, 6.07) is 18.1. The number of aryl methyl sites for hydroxylation is 2. The van der Waals surface area contributed by atoms with Crippen molar-refractivity contribution in [1.82, 2.24) is 5.32 Å². The molecular formula is C29H26BrN3O5S. The third-order valence-corrected chi connectivity index (χ3v) is 6.82. The van der Waals surface area contributed by atoms with Gasteiger partial charge in [0.15, 0.2) is 23.2 Å². The van der Waals surface area contributed by atoms with Gasteiger partial charge in [-0.15, -0.1) is 0 Å². The van der Waals surface area contributed by atoms with E-state index < -0.39 is 11.8 Å². The fourth-order valence-electron chi connectivity index (χ4n) is 3.87. The Morgan fingerprint density at radius 3 is 2.44 bits per heavy atom. The van der Waals surface area contributed by atoms with Crippen molar-refractivity contribution in [2.75, 3.05) is 23.9 Å². The molecule has 1 aliphatic heterocycles. The molecule has 39 heavy (non-hydrogen) atoms. The highest BCUT2D eigenvalue weighted by atomic mass is 79.9. The van der Waals surface area contributed by atoms with Gasteiger partial charge >= 0.3 is 0 Å². The second-order valence-electron chi connectivity index (χ2n) is 8.71. The van der Waals surface area contributed by atoms with Gasteiger partial charge in [0.1, 0.15) is 5.57 Å². The molecule has 0 radical (unpaired) electrons. The van der Waals surface area contributed by atoms with Gasteiger partial charge in [-0.05, 0) is 95.1 Å². The van der Waals surface area contributed by atoms with Crippen LogP contribution in [0.5, 0.6) is 11.5 Å². The van der Waals surface area contributed by atoms with Crippen LogP contribution in [0.25, 0.3) is 6.08 Å². The zero-order valence-electron chi connectivity index (χ0n) is 21.5. The Bertz CT molecular complexity index is 1470. The first-order valence-electron chi connectivity index (χ1n) is 12.1. The lowest BCUT2D eigenvalue weighted by Gasteiger charge is -2.29. The summed E-state index contributed by atoms with van der Waals surface area (Å²) in [4.78, 5) is 39.8. The van der Waals surface area contributed by atoms with E-state index in [4.69, 9.17) is 21.7 Å². The Kier molecular flexibility index (Phi) is 8.78. The van der Waals surface area contributed by atoms with E-state index in [2.05, 4.69) is 26.6 Å². The number of halogens is 1. The van der Waals surface area contributed by atoms with Crippen molar-refractivity contribution < 1.29 is 23.9 Å². The fourth-order valence-corrected chi connectivity index (χ4v) is 4.73. The Balaban J connectivity index is 1.54. The van der Waals surface area contributed by atoms with Crippen LogP contribution < -0.4 is 25.0 Å². The predicted octanol–water partition coefficient (Wildman–Crippen LogP) is 5.18. The molecule has 0 unspecified atom stereocenters. The molecule has 3 amide bonds. The van der Waals surface area contributed by atoms with Crippen LogP contribution in [0.4, 0.5) is 11.4 Å². The Labute approximate surface area is 240 Å². The van der Waals surface area contributed by atoms with Gasteiger partial charge in [-0.3, -0.25) is 24.6 Å². The molecule has 3 aromatic rings. The average Bonchev–Trinajstić information content (AvgIpc) is 2.91. The first-order chi connectivity index (χ1) is 18.7. The molecule has 10 heteroatoms. The second kappa shape index (κ2) is 12.2. The Hall–Kier alpha value is -4.02. The largest absolute Gasteiger partial charge is 0.493 e. The van der Waals surface area contributed by atoms with Crippen molar-refractivity contribution in [1.29, 1.82) is 0 Å². The molecule has 0 atom stereocenters. The number of amides is 3. The van der Waals surface area contributed by atoms with E-state index in [0.29, 0.717) is 32.9 Å². The zero-order chi connectivity index (χ0) is 28.1. The third kappa shape index (κ3) is 6.52. The number of thiocarbonyl (C=S) groups is 1. The van der Waals surface area contributed by atoms with Crippen LogP contribution in [0.2, 0.25) is 0 Å². The minimum Gasteiger partial charge on any atom is -0.493 e. The lowest BCUT2D eigenvalue weighted by atomic mass is 10.1. The molecule has 1 aliphatic rings. The van der Waals surface area contributed by atoms with Crippen molar-refractivity contribution in [3.63, 3.8) is 0 Å². The Morgan fingerprint density at radius 1 is 1.10 bits per heavy atom. The minimum absolute atomic E-state index is 0.0119. The topological polar surface area (TPSA) is 97.0 Å². The summed E-state index contributed by atoms with van der Waals surface area (Å²) in [5.41, 5.74) is 3.82. The molecule has 0 bridgehead atoms. The lowest BCUT2D eigenvalue weighted by molar-refractivity contribution is -0.122. The predicted molar refractivity (Wildman–Crippen MR) is 158 cm³/mol. The molecule has 0 saturated carbocycles. The highest BCUT2D eigenvalue weighted by Crippen LogP contribution is 2.37. The minimum atomic E-state index is -0.602. The highest BCUT2D eigenvalue weighted by Gasteiger charge is 2.34. The summed E-state index contributed by atoms with van der Waals surface area (Å²) in [5, 5.41) is 5.37. The molecule has 4 rings (SSSR count). The van der Waals surface area contributed by atoms with Crippen molar-refractivity contribution in [3.05, 3.63) is 87.4 Å². The molecule has 3 aromatic carbocycles. The Morgan fingerprint density at radius 2 is 1.79 bits per heavy atom. The molecule has 0 spiro atoms. The van der Waals surface area contributed by atoms with Gasteiger partial charge in [0.05, 0.1) is 17.3 Å². The summed E-state index contributed by atoms with van der Waals surface area (Å²) in [7, 11) is 1.45. The summed E-state index contributed by atoms with van der Waals surface area (Å²) < 4.78 is 11.7. The van der Waals surface area contributed by atoms with Crippen LogP contribution in [0, 0.1) is 6.92 Å². The van der Waals surface area contributed by atoms with E-state index in [9.17, 15) is 14.4 Å². The third-order valence-electron chi connectivity index (χ3n) is 5.95. The summed E-state index contributed by atoms with van der Waals surface area (Å²) in [5.74, 6) is -0.875. The molecular weight excluding hydrogens is 582 g/mol. The molecule has 2 N–H and O–H groups in total. The lowest BCUT2D eigenvalue weighted by Crippen LogP contribution is -2.54. The SMILES string of the molecule is CCc1ccc(N2C(=O)/C(=C/c3cc(Br)c(OCC(=O)Nc4ccc(C)cc4)c(OC)c3)C(=O)NC2=S)cc1. The molecule has 1 saturated heterocycles. The number of carbonyl (C=O) groups is 3.